The lowest BCUT2D eigenvalue weighted by molar-refractivity contribution is 0.395. The molecule has 1 aliphatic rings. The summed E-state index contributed by atoms with van der Waals surface area (Å²) in [5.41, 5.74) is 2.37. The van der Waals surface area contributed by atoms with Gasteiger partial charge in [-0.25, -0.2) is 12.8 Å². The molecule has 1 fully saturated rings. The largest absolute Gasteiger partial charge is 0.243 e. The molecule has 1 unspecified atom stereocenters. The van der Waals surface area contributed by atoms with Gasteiger partial charge in [0.2, 0.25) is 10.0 Å². The van der Waals surface area contributed by atoms with Gasteiger partial charge in [-0.15, -0.1) is 0 Å². The second-order valence-electron chi connectivity index (χ2n) is 6.10. The minimum absolute atomic E-state index is 0.296. The summed E-state index contributed by atoms with van der Waals surface area (Å²) in [4.78, 5) is 0.348. The van der Waals surface area contributed by atoms with E-state index in [4.69, 9.17) is 0 Å². The first kappa shape index (κ1) is 16.1. The van der Waals surface area contributed by atoms with Gasteiger partial charge in [0.05, 0.1) is 10.9 Å². The van der Waals surface area contributed by atoms with E-state index in [0.29, 0.717) is 17.9 Å². The molecule has 0 bridgehead atoms. The summed E-state index contributed by atoms with van der Waals surface area (Å²) in [7, 11) is -3.59. The molecule has 2 aromatic carbocycles. The molecule has 1 atom stereocenters. The van der Waals surface area contributed by atoms with Crippen LogP contribution < -0.4 is 0 Å². The van der Waals surface area contributed by atoms with E-state index in [1.807, 2.05) is 19.1 Å². The first-order valence-corrected chi connectivity index (χ1v) is 9.18. The SMILES string of the molecule is Cc1ccc(C)c(S(=O)(=O)N2CCCC2c2cccc(F)c2)c1. The third-order valence-corrected chi connectivity index (χ3v) is 6.42. The van der Waals surface area contributed by atoms with Crippen molar-refractivity contribution in [2.24, 2.45) is 0 Å². The third kappa shape index (κ3) is 3.03. The van der Waals surface area contributed by atoms with Crippen LogP contribution in [0.25, 0.3) is 0 Å². The first-order chi connectivity index (χ1) is 10.9. The summed E-state index contributed by atoms with van der Waals surface area (Å²) < 4.78 is 41.3. The van der Waals surface area contributed by atoms with E-state index >= 15 is 0 Å². The van der Waals surface area contributed by atoms with E-state index in [9.17, 15) is 12.8 Å². The van der Waals surface area contributed by atoms with E-state index < -0.39 is 10.0 Å². The second kappa shape index (κ2) is 6.06. The molecule has 5 heteroatoms. The van der Waals surface area contributed by atoms with Crippen molar-refractivity contribution in [3.8, 4) is 0 Å². The van der Waals surface area contributed by atoms with Crippen LogP contribution in [-0.4, -0.2) is 19.3 Å². The van der Waals surface area contributed by atoms with Gasteiger partial charge in [0.1, 0.15) is 5.82 Å². The van der Waals surface area contributed by atoms with Gasteiger partial charge in [-0.2, -0.15) is 4.31 Å². The van der Waals surface area contributed by atoms with Crippen molar-refractivity contribution in [2.45, 2.75) is 37.6 Å². The van der Waals surface area contributed by atoms with Crippen LogP contribution in [0.1, 0.15) is 35.6 Å². The number of nitrogens with zero attached hydrogens (tertiary/aromatic N) is 1. The fourth-order valence-corrected chi connectivity index (χ4v) is 5.18. The minimum Gasteiger partial charge on any atom is -0.207 e. The van der Waals surface area contributed by atoms with E-state index in [0.717, 1.165) is 23.1 Å². The summed E-state index contributed by atoms with van der Waals surface area (Å²) in [6, 6.07) is 11.4. The van der Waals surface area contributed by atoms with Crippen LogP contribution in [0.4, 0.5) is 4.39 Å². The molecule has 1 aliphatic heterocycles. The number of benzene rings is 2. The topological polar surface area (TPSA) is 37.4 Å². The average molecular weight is 333 g/mol. The number of hydrogen-bond acceptors (Lipinski definition) is 2. The Morgan fingerprint density at radius 3 is 2.65 bits per heavy atom. The van der Waals surface area contributed by atoms with Crippen LogP contribution >= 0.6 is 0 Å². The van der Waals surface area contributed by atoms with Gasteiger partial charge in [0, 0.05) is 6.54 Å². The molecule has 23 heavy (non-hydrogen) atoms. The highest BCUT2D eigenvalue weighted by Crippen LogP contribution is 2.37. The predicted octanol–water partition coefficient (Wildman–Crippen LogP) is 3.97. The highest BCUT2D eigenvalue weighted by atomic mass is 32.2. The first-order valence-electron chi connectivity index (χ1n) is 7.74. The van der Waals surface area contributed by atoms with Crippen molar-refractivity contribution >= 4 is 10.0 Å². The standard InChI is InChI=1S/C18H20FNO2S/c1-13-8-9-14(2)18(11-13)23(21,22)20-10-4-7-17(20)15-5-3-6-16(19)12-15/h3,5-6,8-9,11-12,17H,4,7,10H2,1-2H3. The van der Waals surface area contributed by atoms with Crippen LogP contribution in [0.5, 0.6) is 0 Å². The van der Waals surface area contributed by atoms with Crippen molar-refractivity contribution in [3.63, 3.8) is 0 Å². The van der Waals surface area contributed by atoms with Gasteiger partial charge in [0.25, 0.3) is 0 Å². The Kier molecular flexibility index (Phi) is 4.25. The molecule has 1 heterocycles. The predicted molar refractivity (Wildman–Crippen MR) is 88.2 cm³/mol. The van der Waals surface area contributed by atoms with Gasteiger partial charge in [0.15, 0.2) is 0 Å². The monoisotopic (exact) mass is 333 g/mol. The number of rotatable bonds is 3. The zero-order chi connectivity index (χ0) is 16.6. The van der Waals surface area contributed by atoms with Crippen LogP contribution in [0.15, 0.2) is 47.4 Å². The molecule has 0 spiro atoms. The van der Waals surface area contributed by atoms with Gasteiger partial charge < -0.3 is 0 Å². The van der Waals surface area contributed by atoms with E-state index in [2.05, 4.69) is 0 Å². The molecular weight excluding hydrogens is 313 g/mol. The van der Waals surface area contributed by atoms with E-state index in [-0.39, 0.29) is 11.9 Å². The average Bonchev–Trinajstić information content (AvgIpc) is 3.00. The highest BCUT2D eigenvalue weighted by molar-refractivity contribution is 7.89. The lowest BCUT2D eigenvalue weighted by Crippen LogP contribution is -2.31. The van der Waals surface area contributed by atoms with Crippen LogP contribution in [0.2, 0.25) is 0 Å². The maximum absolute atomic E-state index is 13.5. The lowest BCUT2D eigenvalue weighted by atomic mass is 10.1. The molecule has 0 radical (unpaired) electrons. The Balaban J connectivity index is 2.03. The summed E-state index contributed by atoms with van der Waals surface area (Å²) in [5, 5.41) is 0. The molecule has 0 amide bonds. The Hall–Kier alpha value is -1.72. The molecule has 1 saturated heterocycles. The zero-order valence-corrected chi connectivity index (χ0v) is 14.1. The van der Waals surface area contributed by atoms with E-state index in [1.54, 1.807) is 25.1 Å². The molecule has 0 saturated carbocycles. The third-order valence-electron chi connectivity index (χ3n) is 4.37. The smallest absolute Gasteiger partial charge is 0.207 e. The van der Waals surface area contributed by atoms with Crippen LogP contribution in [-0.2, 0) is 10.0 Å². The fraction of sp³-hybridized carbons (Fsp3) is 0.333. The summed E-state index contributed by atoms with van der Waals surface area (Å²) in [6.07, 6.45) is 1.50. The van der Waals surface area contributed by atoms with Crippen LogP contribution in [0.3, 0.4) is 0 Å². The summed E-state index contributed by atoms with van der Waals surface area (Å²) >= 11 is 0. The second-order valence-corrected chi connectivity index (χ2v) is 7.96. The summed E-state index contributed by atoms with van der Waals surface area (Å²) in [6.45, 7) is 4.16. The van der Waals surface area contributed by atoms with Gasteiger partial charge >= 0.3 is 0 Å². The molecule has 3 nitrogen and oxygen atoms in total. The van der Waals surface area contributed by atoms with Crippen LogP contribution in [0, 0.1) is 19.7 Å². The van der Waals surface area contributed by atoms with Crippen molar-refractivity contribution in [2.75, 3.05) is 6.54 Å². The molecule has 2 aromatic rings. The Bertz CT molecular complexity index is 833. The molecule has 0 aromatic heterocycles. The Morgan fingerprint density at radius 1 is 1.13 bits per heavy atom. The normalized spacial score (nSPS) is 19.2. The van der Waals surface area contributed by atoms with E-state index in [1.165, 1.54) is 16.4 Å². The molecule has 3 rings (SSSR count). The Morgan fingerprint density at radius 2 is 1.91 bits per heavy atom. The zero-order valence-electron chi connectivity index (χ0n) is 13.3. The highest BCUT2D eigenvalue weighted by Gasteiger charge is 2.36. The maximum atomic E-state index is 13.5. The fourth-order valence-electron chi connectivity index (χ4n) is 3.19. The maximum Gasteiger partial charge on any atom is 0.243 e. The molecule has 122 valence electrons. The molecule has 0 aliphatic carbocycles. The molecular formula is C18H20FNO2S. The van der Waals surface area contributed by atoms with Crippen molar-refractivity contribution in [1.29, 1.82) is 0 Å². The van der Waals surface area contributed by atoms with Crippen molar-refractivity contribution < 1.29 is 12.8 Å². The number of aryl methyl sites for hydroxylation is 2. The van der Waals surface area contributed by atoms with Gasteiger partial charge in [-0.1, -0.05) is 24.3 Å². The lowest BCUT2D eigenvalue weighted by Gasteiger charge is -2.25. The van der Waals surface area contributed by atoms with Crippen molar-refractivity contribution in [1.82, 2.24) is 4.31 Å². The number of hydrogen-bond donors (Lipinski definition) is 0. The Labute approximate surface area is 136 Å². The molecule has 0 N–H and O–H groups in total. The quantitative estimate of drug-likeness (QED) is 0.852. The van der Waals surface area contributed by atoms with Gasteiger partial charge in [-0.05, 0) is 61.6 Å². The summed E-state index contributed by atoms with van der Waals surface area (Å²) in [5.74, 6) is -0.335. The minimum atomic E-state index is -3.59. The van der Waals surface area contributed by atoms with Gasteiger partial charge in [-0.3, -0.25) is 0 Å². The van der Waals surface area contributed by atoms with Crippen molar-refractivity contribution in [3.05, 3.63) is 65.0 Å². The number of halogens is 1. The number of sulfonamides is 1.